The summed E-state index contributed by atoms with van der Waals surface area (Å²) in [5.74, 6) is -3.09. The lowest BCUT2D eigenvalue weighted by molar-refractivity contribution is -0.153. The zero-order chi connectivity index (χ0) is 10.9. The van der Waals surface area contributed by atoms with E-state index in [9.17, 15) is 14.4 Å². The predicted molar refractivity (Wildman–Crippen MR) is 47.4 cm³/mol. The third kappa shape index (κ3) is 1.62. The van der Waals surface area contributed by atoms with Gasteiger partial charge in [-0.1, -0.05) is 0 Å². The molecule has 0 spiro atoms. The minimum absolute atomic E-state index is 0.201. The van der Waals surface area contributed by atoms with Crippen LogP contribution in [0.25, 0.3) is 0 Å². The molecule has 0 bridgehead atoms. The minimum Gasteiger partial charge on any atom is -0.465 e. The molecule has 1 atom stereocenters. The van der Waals surface area contributed by atoms with Crippen molar-refractivity contribution in [2.75, 3.05) is 6.61 Å². The molecule has 0 aromatic heterocycles. The molecule has 1 aliphatic heterocycles. The predicted octanol–water partition coefficient (Wildman–Crippen LogP) is -0.357. The van der Waals surface area contributed by atoms with Crippen molar-refractivity contribution in [2.45, 2.75) is 26.3 Å². The highest BCUT2D eigenvalue weighted by atomic mass is 16.5. The number of hydrogen-bond donors (Lipinski definition) is 1. The van der Waals surface area contributed by atoms with E-state index in [1.807, 2.05) is 0 Å². The summed E-state index contributed by atoms with van der Waals surface area (Å²) in [6.45, 7) is 5.10. The Bertz CT molecular complexity index is 295. The average molecular weight is 199 g/mol. The lowest BCUT2D eigenvalue weighted by Crippen LogP contribution is -2.43. The zero-order valence-electron chi connectivity index (χ0n) is 8.42. The molecule has 1 N–H and O–H groups in total. The number of ether oxygens (including phenoxy) is 1. The van der Waals surface area contributed by atoms with Gasteiger partial charge in [-0.15, -0.1) is 0 Å². The van der Waals surface area contributed by atoms with Crippen molar-refractivity contribution in [3.63, 3.8) is 0 Å². The van der Waals surface area contributed by atoms with Crippen LogP contribution in [0.1, 0.15) is 20.8 Å². The van der Waals surface area contributed by atoms with Crippen molar-refractivity contribution in [3.8, 4) is 0 Å². The van der Waals surface area contributed by atoms with Crippen LogP contribution in [0.3, 0.4) is 0 Å². The normalized spacial score (nSPS) is 24.6. The molecule has 1 amide bonds. The first-order chi connectivity index (χ1) is 6.40. The van der Waals surface area contributed by atoms with Gasteiger partial charge in [0.05, 0.1) is 12.1 Å². The lowest BCUT2D eigenvalue weighted by Gasteiger charge is -2.22. The van der Waals surface area contributed by atoms with Crippen LogP contribution < -0.4 is 5.32 Å². The summed E-state index contributed by atoms with van der Waals surface area (Å²) in [4.78, 5) is 33.7. The summed E-state index contributed by atoms with van der Waals surface area (Å²) in [6.07, 6.45) is 0. The molecule has 78 valence electrons. The summed E-state index contributed by atoms with van der Waals surface area (Å²) < 4.78 is 4.73. The molecule has 1 heterocycles. The lowest BCUT2D eigenvalue weighted by atomic mass is 9.89. The Labute approximate surface area is 81.8 Å². The first-order valence-electron chi connectivity index (χ1n) is 4.43. The van der Waals surface area contributed by atoms with E-state index in [0.29, 0.717) is 0 Å². The molecule has 1 unspecified atom stereocenters. The van der Waals surface area contributed by atoms with Gasteiger partial charge in [0.25, 0.3) is 5.91 Å². The number of esters is 1. The van der Waals surface area contributed by atoms with Gasteiger partial charge < -0.3 is 10.1 Å². The van der Waals surface area contributed by atoms with Gasteiger partial charge in [0, 0.05) is 0 Å². The Morgan fingerprint density at radius 1 is 1.50 bits per heavy atom. The molecule has 14 heavy (non-hydrogen) atoms. The number of carbonyl (C=O) groups excluding carboxylic acids is 3. The number of nitrogens with one attached hydrogen (secondary N) is 1. The van der Waals surface area contributed by atoms with Gasteiger partial charge in [0.2, 0.25) is 5.78 Å². The zero-order valence-corrected chi connectivity index (χ0v) is 8.42. The second-order valence-electron chi connectivity index (χ2n) is 3.73. The number of carbonyl (C=O) groups is 3. The van der Waals surface area contributed by atoms with Gasteiger partial charge >= 0.3 is 5.97 Å². The highest BCUT2D eigenvalue weighted by Gasteiger charge is 2.51. The van der Waals surface area contributed by atoms with Crippen molar-refractivity contribution in [3.05, 3.63) is 0 Å². The summed E-state index contributed by atoms with van der Waals surface area (Å²) in [5.41, 5.74) is -0.847. The number of amides is 1. The fourth-order valence-corrected chi connectivity index (χ4v) is 1.51. The second kappa shape index (κ2) is 3.40. The van der Waals surface area contributed by atoms with E-state index in [1.54, 1.807) is 20.8 Å². The second-order valence-corrected chi connectivity index (χ2v) is 3.73. The maximum atomic E-state index is 11.4. The van der Waals surface area contributed by atoms with Crippen LogP contribution in [0.2, 0.25) is 0 Å². The highest BCUT2D eigenvalue weighted by Crippen LogP contribution is 2.25. The first kappa shape index (κ1) is 10.7. The average Bonchev–Trinajstić information content (AvgIpc) is 2.21. The molecular formula is C9H13NO4. The monoisotopic (exact) mass is 199 g/mol. The Kier molecular flexibility index (Phi) is 2.59. The van der Waals surface area contributed by atoms with Gasteiger partial charge in [-0.3, -0.25) is 14.4 Å². The van der Waals surface area contributed by atoms with Crippen LogP contribution >= 0.6 is 0 Å². The quantitative estimate of drug-likeness (QED) is 0.374. The van der Waals surface area contributed by atoms with Gasteiger partial charge in [-0.05, 0) is 20.8 Å². The van der Waals surface area contributed by atoms with Crippen LogP contribution in [0, 0.1) is 5.92 Å². The molecule has 0 aromatic rings. The molecule has 1 saturated heterocycles. The fourth-order valence-electron chi connectivity index (χ4n) is 1.51. The molecule has 0 aromatic carbocycles. The third-order valence-corrected chi connectivity index (χ3v) is 2.17. The summed E-state index contributed by atoms with van der Waals surface area (Å²) >= 11 is 0. The summed E-state index contributed by atoms with van der Waals surface area (Å²) in [7, 11) is 0. The molecule has 0 radical (unpaired) electrons. The van der Waals surface area contributed by atoms with Crippen LogP contribution in [0.15, 0.2) is 0 Å². The summed E-state index contributed by atoms with van der Waals surface area (Å²) in [5, 5.41) is 2.44. The van der Waals surface area contributed by atoms with Gasteiger partial charge in [-0.2, -0.15) is 0 Å². The smallest absolute Gasteiger partial charge is 0.319 e. The Balaban J connectivity index is 2.90. The number of hydrogen-bond acceptors (Lipinski definition) is 4. The molecule has 0 aliphatic carbocycles. The van der Waals surface area contributed by atoms with E-state index >= 15 is 0 Å². The van der Waals surface area contributed by atoms with Gasteiger partial charge in [0.1, 0.15) is 5.92 Å². The fraction of sp³-hybridized carbons (Fsp3) is 0.667. The van der Waals surface area contributed by atoms with E-state index in [2.05, 4.69) is 5.32 Å². The van der Waals surface area contributed by atoms with E-state index in [4.69, 9.17) is 4.74 Å². The van der Waals surface area contributed by atoms with Crippen molar-refractivity contribution in [1.29, 1.82) is 0 Å². The molecule has 5 heteroatoms. The molecular weight excluding hydrogens is 186 g/mol. The van der Waals surface area contributed by atoms with E-state index in [1.165, 1.54) is 0 Å². The first-order valence-corrected chi connectivity index (χ1v) is 4.43. The highest BCUT2D eigenvalue weighted by molar-refractivity contribution is 6.43. The largest absolute Gasteiger partial charge is 0.465 e. The van der Waals surface area contributed by atoms with Gasteiger partial charge in [0.15, 0.2) is 0 Å². The standard InChI is InChI=1S/C9H13NO4/c1-4-14-8(13)5-6(11)7(12)10-9(5,2)3/h5H,4H2,1-3H3,(H,10,12). The molecule has 0 saturated carbocycles. The van der Waals surface area contributed by atoms with Crippen molar-refractivity contribution < 1.29 is 19.1 Å². The van der Waals surface area contributed by atoms with E-state index < -0.39 is 29.1 Å². The Morgan fingerprint density at radius 3 is 2.43 bits per heavy atom. The van der Waals surface area contributed by atoms with Crippen LogP contribution in [0.4, 0.5) is 0 Å². The van der Waals surface area contributed by atoms with Crippen LogP contribution in [-0.4, -0.2) is 29.8 Å². The Morgan fingerprint density at radius 2 is 2.07 bits per heavy atom. The summed E-state index contributed by atoms with van der Waals surface area (Å²) in [6, 6.07) is 0. The number of Topliss-reactive ketones (excluding diaryl/α,β-unsaturated/α-hetero) is 1. The van der Waals surface area contributed by atoms with E-state index in [-0.39, 0.29) is 6.61 Å². The molecule has 1 aliphatic rings. The molecule has 1 fully saturated rings. The van der Waals surface area contributed by atoms with Crippen LogP contribution in [-0.2, 0) is 19.1 Å². The number of rotatable bonds is 2. The van der Waals surface area contributed by atoms with Crippen molar-refractivity contribution in [1.82, 2.24) is 5.32 Å². The number of ketones is 1. The maximum absolute atomic E-state index is 11.4. The van der Waals surface area contributed by atoms with Crippen LogP contribution in [0.5, 0.6) is 0 Å². The molecule has 5 nitrogen and oxygen atoms in total. The van der Waals surface area contributed by atoms with E-state index in [0.717, 1.165) is 0 Å². The third-order valence-electron chi connectivity index (χ3n) is 2.17. The molecule has 1 rings (SSSR count). The maximum Gasteiger partial charge on any atom is 0.319 e. The Hall–Kier alpha value is -1.39. The van der Waals surface area contributed by atoms with Crippen molar-refractivity contribution >= 4 is 17.7 Å². The van der Waals surface area contributed by atoms with Gasteiger partial charge in [-0.25, -0.2) is 0 Å². The minimum atomic E-state index is -1.02. The topological polar surface area (TPSA) is 72.5 Å². The van der Waals surface area contributed by atoms with Crippen molar-refractivity contribution in [2.24, 2.45) is 5.92 Å². The SMILES string of the molecule is CCOC(=O)C1C(=O)C(=O)NC1(C)C.